The topological polar surface area (TPSA) is 37.9 Å². The quantitative estimate of drug-likeness (QED) is 0.840. The van der Waals surface area contributed by atoms with Gasteiger partial charge in [-0.3, -0.25) is 0 Å². The zero-order valence-electron chi connectivity index (χ0n) is 11.2. The van der Waals surface area contributed by atoms with Crippen LogP contribution >= 0.6 is 12.2 Å². The number of nitrogens with zero attached hydrogens (tertiary/aromatic N) is 1. The molecule has 100 valence electrons. The summed E-state index contributed by atoms with van der Waals surface area (Å²) in [5.41, 5.74) is 1.11. The summed E-state index contributed by atoms with van der Waals surface area (Å²) in [6, 6.07) is 11.6. The predicted molar refractivity (Wildman–Crippen MR) is 78.7 cm³/mol. The lowest BCUT2D eigenvalue weighted by Crippen LogP contribution is -2.06. The van der Waals surface area contributed by atoms with Crippen LogP contribution in [0.25, 0.3) is 0 Å². The van der Waals surface area contributed by atoms with Crippen LogP contribution in [0.3, 0.4) is 0 Å². The lowest BCUT2D eigenvalue weighted by Gasteiger charge is -2.09. The van der Waals surface area contributed by atoms with Gasteiger partial charge in [0, 0.05) is 5.69 Å². The highest BCUT2D eigenvalue weighted by Crippen LogP contribution is 2.11. The Balaban J connectivity index is 2.08. The molecule has 0 fully saturated rings. The number of aromatic amines is 1. The summed E-state index contributed by atoms with van der Waals surface area (Å²) >= 11 is 5.18. The van der Waals surface area contributed by atoms with E-state index < -0.39 is 0 Å². The van der Waals surface area contributed by atoms with E-state index in [0.717, 1.165) is 23.7 Å². The third kappa shape index (κ3) is 4.48. The minimum Gasteiger partial charge on any atom is -0.486 e. The second kappa shape index (κ2) is 6.48. The van der Waals surface area contributed by atoms with Crippen LogP contribution in [0, 0.1) is 10.6 Å². The Labute approximate surface area is 118 Å². The molecule has 0 spiro atoms. The SMILES string of the molecule is CC(C)Cc1cc(=S)nc(COc2ccccc2)[nH]1. The third-order valence-electron chi connectivity index (χ3n) is 2.59. The van der Waals surface area contributed by atoms with Crippen LogP contribution in [0.5, 0.6) is 5.75 Å². The van der Waals surface area contributed by atoms with Crippen LogP contribution in [-0.4, -0.2) is 9.97 Å². The van der Waals surface area contributed by atoms with Gasteiger partial charge in [-0.15, -0.1) is 0 Å². The lowest BCUT2D eigenvalue weighted by molar-refractivity contribution is 0.295. The number of para-hydroxylation sites is 1. The number of nitrogens with one attached hydrogen (secondary N) is 1. The highest BCUT2D eigenvalue weighted by Gasteiger charge is 2.03. The molecule has 0 saturated heterocycles. The van der Waals surface area contributed by atoms with E-state index in [2.05, 4.69) is 23.8 Å². The standard InChI is InChI=1S/C15H18N2OS/c1-11(2)8-12-9-15(19)17-14(16-12)10-18-13-6-4-3-5-7-13/h3-7,9,11H,8,10H2,1-2H3,(H,16,17,19). The van der Waals surface area contributed by atoms with Crippen LogP contribution in [0.2, 0.25) is 0 Å². The fourth-order valence-electron chi connectivity index (χ4n) is 1.85. The summed E-state index contributed by atoms with van der Waals surface area (Å²) in [7, 11) is 0. The van der Waals surface area contributed by atoms with Gasteiger partial charge in [0.05, 0.1) is 0 Å². The van der Waals surface area contributed by atoms with Gasteiger partial charge in [-0.2, -0.15) is 0 Å². The molecule has 0 bridgehead atoms. The largest absolute Gasteiger partial charge is 0.486 e. The van der Waals surface area contributed by atoms with Gasteiger partial charge >= 0.3 is 0 Å². The Morgan fingerprint density at radius 3 is 2.68 bits per heavy atom. The van der Waals surface area contributed by atoms with Gasteiger partial charge in [-0.05, 0) is 30.5 Å². The van der Waals surface area contributed by atoms with Crippen LogP contribution < -0.4 is 4.74 Å². The summed E-state index contributed by atoms with van der Waals surface area (Å²) < 4.78 is 6.28. The second-order valence-electron chi connectivity index (χ2n) is 4.89. The normalized spacial score (nSPS) is 10.7. The average molecular weight is 274 g/mol. The first-order chi connectivity index (χ1) is 9.13. The van der Waals surface area contributed by atoms with Crippen LogP contribution in [0.1, 0.15) is 25.4 Å². The van der Waals surface area contributed by atoms with Crippen molar-refractivity contribution in [1.29, 1.82) is 0 Å². The molecule has 19 heavy (non-hydrogen) atoms. The summed E-state index contributed by atoms with van der Waals surface area (Å²) in [4.78, 5) is 7.57. The van der Waals surface area contributed by atoms with Gasteiger partial charge in [0.15, 0.2) is 0 Å². The molecular formula is C15H18N2OS. The summed E-state index contributed by atoms with van der Waals surface area (Å²) in [5, 5.41) is 0. The smallest absolute Gasteiger partial charge is 0.146 e. The maximum Gasteiger partial charge on any atom is 0.146 e. The van der Waals surface area contributed by atoms with E-state index in [9.17, 15) is 0 Å². The van der Waals surface area contributed by atoms with E-state index in [1.54, 1.807) is 0 Å². The summed E-state index contributed by atoms with van der Waals surface area (Å²) in [5.74, 6) is 2.18. The van der Waals surface area contributed by atoms with Crippen molar-refractivity contribution in [1.82, 2.24) is 9.97 Å². The first kappa shape index (κ1) is 13.7. The van der Waals surface area contributed by atoms with Crippen LogP contribution in [0.15, 0.2) is 36.4 Å². The van der Waals surface area contributed by atoms with Crippen molar-refractivity contribution in [3.05, 3.63) is 52.6 Å². The number of hydrogen-bond donors (Lipinski definition) is 1. The Morgan fingerprint density at radius 1 is 1.26 bits per heavy atom. The number of hydrogen-bond acceptors (Lipinski definition) is 3. The third-order valence-corrected chi connectivity index (χ3v) is 2.80. The molecule has 4 heteroatoms. The highest BCUT2D eigenvalue weighted by molar-refractivity contribution is 7.71. The molecule has 0 aliphatic carbocycles. The molecule has 0 amide bonds. The molecule has 0 aliphatic rings. The Hall–Kier alpha value is -1.68. The first-order valence-corrected chi connectivity index (χ1v) is 6.81. The van der Waals surface area contributed by atoms with Crippen molar-refractivity contribution >= 4 is 12.2 Å². The van der Waals surface area contributed by atoms with Crippen molar-refractivity contribution in [2.45, 2.75) is 26.9 Å². The van der Waals surface area contributed by atoms with E-state index in [-0.39, 0.29) is 0 Å². The number of aromatic nitrogens is 2. The van der Waals surface area contributed by atoms with Crippen molar-refractivity contribution in [2.75, 3.05) is 0 Å². The summed E-state index contributed by atoms with van der Waals surface area (Å²) in [6.07, 6.45) is 0.963. The maximum absolute atomic E-state index is 5.67. The minimum absolute atomic E-state index is 0.402. The van der Waals surface area contributed by atoms with Gasteiger partial charge in [-0.1, -0.05) is 44.3 Å². The van der Waals surface area contributed by atoms with Crippen molar-refractivity contribution in [3.8, 4) is 5.75 Å². The molecule has 0 saturated carbocycles. The van der Waals surface area contributed by atoms with Crippen molar-refractivity contribution in [3.63, 3.8) is 0 Å². The zero-order chi connectivity index (χ0) is 13.7. The van der Waals surface area contributed by atoms with Crippen LogP contribution in [0.4, 0.5) is 0 Å². The number of benzene rings is 1. The maximum atomic E-state index is 5.67. The molecule has 1 heterocycles. The fourth-order valence-corrected chi connectivity index (χ4v) is 2.10. The van der Waals surface area contributed by atoms with E-state index in [4.69, 9.17) is 17.0 Å². The molecule has 1 N–H and O–H groups in total. The monoisotopic (exact) mass is 274 g/mol. The summed E-state index contributed by atoms with van der Waals surface area (Å²) in [6.45, 7) is 4.76. The number of H-pyrrole nitrogens is 1. The predicted octanol–water partition coefficient (Wildman–Crippen LogP) is 3.92. The second-order valence-corrected chi connectivity index (χ2v) is 5.31. The minimum atomic E-state index is 0.402. The van der Waals surface area contributed by atoms with Crippen molar-refractivity contribution in [2.24, 2.45) is 5.92 Å². The molecule has 1 aromatic heterocycles. The fraction of sp³-hybridized carbons (Fsp3) is 0.333. The molecular weight excluding hydrogens is 256 g/mol. The van der Waals surface area contributed by atoms with Gasteiger partial charge in [0.25, 0.3) is 0 Å². The van der Waals surface area contributed by atoms with E-state index in [0.29, 0.717) is 17.2 Å². The molecule has 1 aromatic carbocycles. The van der Waals surface area contributed by atoms with Crippen LogP contribution in [-0.2, 0) is 13.0 Å². The molecule has 0 unspecified atom stereocenters. The Bertz CT molecular complexity index is 578. The van der Waals surface area contributed by atoms with E-state index in [1.807, 2.05) is 36.4 Å². The van der Waals surface area contributed by atoms with Crippen molar-refractivity contribution < 1.29 is 4.74 Å². The molecule has 0 atom stereocenters. The molecule has 2 rings (SSSR count). The zero-order valence-corrected chi connectivity index (χ0v) is 12.0. The van der Waals surface area contributed by atoms with Gasteiger partial charge < -0.3 is 9.72 Å². The average Bonchev–Trinajstić information content (AvgIpc) is 2.36. The molecule has 2 aromatic rings. The molecule has 0 radical (unpaired) electrons. The Morgan fingerprint density at radius 2 is 2.00 bits per heavy atom. The van der Waals surface area contributed by atoms with E-state index in [1.165, 1.54) is 0 Å². The Kier molecular flexibility index (Phi) is 4.68. The van der Waals surface area contributed by atoms with Gasteiger partial charge in [0.2, 0.25) is 0 Å². The van der Waals surface area contributed by atoms with Gasteiger partial charge in [0.1, 0.15) is 22.8 Å². The molecule has 0 aliphatic heterocycles. The lowest BCUT2D eigenvalue weighted by atomic mass is 10.1. The molecule has 3 nitrogen and oxygen atoms in total. The highest BCUT2D eigenvalue weighted by atomic mass is 32.1. The number of ether oxygens (including phenoxy) is 1. The van der Waals surface area contributed by atoms with Gasteiger partial charge in [-0.25, -0.2) is 4.98 Å². The van der Waals surface area contributed by atoms with E-state index >= 15 is 0 Å². The first-order valence-electron chi connectivity index (χ1n) is 6.40. The number of rotatable bonds is 5.